The van der Waals surface area contributed by atoms with Gasteiger partial charge in [-0.3, -0.25) is 0 Å². The molecule has 5 heteroatoms. The Balaban J connectivity index is 1.93. The van der Waals surface area contributed by atoms with Gasteiger partial charge < -0.3 is 14.8 Å². The summed E-state index contributed by atoms with van der Waals surface area (Å²) in [6, 6.07) is 17.8. The molecule has 0 aliphatic rings. The molecule has 2 aromatic carbocycles. The van der Waals surface area contributed by atoms with Gasteiger partial charge in [0.1, 0.15) is 23.8 Å². The van der Waals surface area contributed by atoms with Crippen LogP contribution in [-0.2, 0) is 0 Å². The first-order valence-electron chi connectivity index (χ1n) is 5.93. The number of ether oxygens (including phenoxy) is 2. The molecule has 0 aromatic heterocycles. The third kappa shape index (κ3) is 4.03. The largest absolute Gasteiger partial charge is 0.457 e. The van der Waals surface area contributed by atoms with E-state index >= 15 is 0 Å². The van der Waals surface area contributed by atoms with Gasteiger partial charge in [0.15, 0.2) is 0 Å². The Bertz CT molecular complexity index is 603. The molecule has 0 saturated heterocycles. The molecule has 0 bridgehead atoms. The van der Waals surface area contributed by atoms with E-state index < -0.39 is 6.09 Å². The second-order valence-electron chi connectivity index (χ2n) is 3.79. The van der Waals surface area contributed by atoms with E-state index in [1.165, 1.54) is 0 Å². The number of nitrogens with zero attached hydrogens (tertiary/aromatic N) is 1. The lowest BCUT2D eigenvalue weighted by atomic mass is 10.3. The van der Waals surface area contributed by atoms with Crippen molar-refractivity contribution < 1.29 is 14.3 Å². The molecule has 0 atom stereocenters. The monoisotopic (exact) mass is 268 g/mol. The van der Waals surface area contributed by atoms with Gasteiger partial charge >= 0.3 is 6.09 Å². The first-order valence-corrected chi connectivity index (χ1v) is 5.93. The highest BCUT2D eigenvalue weighted by atomic mass is 16.6. The minimum Gasteiger partial charge on any atom is -0.457 e. The lowest BCUT2D eigenvalue weighted by Crippen LogP contribution is -2.26. The van der Waals surface area contributed by atoms with Crippen molar-refractivity contribution in [1.82, 2.24) is 5.32 Å². The molecule has 1 N–H and O–H groups in total. The molecule has 0 aliphatic heterocycles. The minimum atomic E-state index is -0.664. The highest BCUT2D eigenvalue weighted by molar-refractivity contribution is 5.70. The molecule has 0 radical (unpaired) electrons. The van der Waals surface area contributed by atoms with Gasteiger partial charge in [-0.15, -0.1) is 0 Å². The number of hydrogen-bond donors (Lipinski definition) is 1. The Kier molecular flexibility index (Phi) is 4.57. The zero-order valence-electron chi connectivity index (χ0n) is 10.6. The van der Waals surface area contributed by atoms with Gasteiger partial charge in [-0.1, -0.05) is 18.2 Å². The van der Waals surface area contributed by atoms with Crippen molar-refractivity contribution in [2.45, 2.75) is 0 Å². The summed E-state index contributed by atoms with van der Waals surface area (Å²) >= 11 is 0. The van der Waals surface area contributed by atoms with Crippen LogP contribution in [0.4, 0.5) is 4.79 Å². The van der Waals surface area contributed by atoms with Crippen LogP contribution in [0.25, 0.3) is 0 Å². The number of amides is 1. The highest BCUT2D eigenvalue weighted by Crippen LogP contribution is 2.23. The smallest absolute Gasteiger partial charge is 0.413 e. The Morgan fingerprint density at radius 2 is 1.60 bits per heavy atom. The van der Waals surface area contributed by atoms with Crippen LogP contribution in [0.1, 0.15) is 0 Å². The molecule has 2 rings (SSSR count). The van der Waals surface area contributed by atoms with E-state index in [4.69, 9.17) is 14.7 Å². The van der Waals surface area contributed by atoms with Gasteiger partial charge in [-0.2, -0.15) is 5.26 Å². The van der Waals surface area contributed by atoms with E-state index in [-0.39, 0.29) is 6.54 Å². The number of carbonyl (C=O) groups excluding carboxylic acids is 1. The van der Waals surface area contributed by atoms with Gasteiger partial charge in [0.25, 0.3) is 0 Å². The van der Waals surface area contributed by atoms with Crippen molar-refractivity contribution >= 4 is 6.09 Å². The van der Waals surface area contributed by atoms with Crippen molar-refractivity contribution in [3.05, 3.63) is 54.6 Å². The fourth-order valence-corrected chi connectivity index (χ4v) is 1.46. The predicted molar refractivity (Wildman–Crippen MR) is 72.6 cm³/mol. The van der Waals surface area contributed by atoms with Crippen molar-refractivity contribution in [1.29, 1.82) is 5.26 Å². The summed E-state index contributed by atoms with van der Waals surface area (Å²) in [7, 11) is 0. The molecule has 0 unspecified atom stereocenters. The molecule has 0 fully saturated rings. The first kappa shape index (κ1) is 13.4. The molecule has 100 valence electrons. The van der Waals surface area contributed by atoms with E-state index in [1.54, 1.807) is 30.3 Å². The van der Waals surface area contributed by atoms with E-state index in [1.807, 2.05) is 30.3 Å². The van der Waals surface area contributed by atoms with Crippen LogP contribution < -0.4 is 14.8 Å². The Morgan fingerprint density at radius 3 is 2.25 bits per heavy atom. The predicted octanol–water partition coefficient (Wildman–Crippen LogP) is 3.09. The molecule has 0 heterocycles. The molecule has 1 amide bonds. The maximum absolute atomic E-state index is 11.2. The summed E-state index contributed by atoms with van der Waals surface area (Å²) in [4.78, 5) is 11.2. The van der Waals surface area contributed by atoms with Crippen LogP contribution >= 0.6 is 0 Å². The third-order valence-corrected chi connectivity index (χ3v) is 2.32. The zero-order valence-corrected chi connectivity index (χ0v) is 10.6. The zero-order chi connectivity index (χ0) is 14.2. The van der Waals surface area contributed by atoms with Crippen LogP contribution in [0.3, 0.4) is 0 Å². The average Bonchev–Trinajstić information content (AvgIpc) is 2.48. The van der Waals surface area contributed by atoms with Gasteiger partial charge in [0.2, 0.25) is 0 Å². The first-order chi connectivity index (χ1) is 9.78. The minimum absolute atomic E-state index is 0.0893. The van der Waals surface area contributed by atoms with Crippen LogP contribution in [0.2, 0.25) is 0 Å². The van der Waals surface area contributed by atoms with Gasteiger partial charge in [-0.05, 0) is 36.4 Å². The van der Waals surface area contributed by atoms with E-state index in [0.717, 1.165) is 5.75 Å². The van der Waals surface area contributed by atoms with Gasteiger partial charge in [0, 0.05) is 0 Å². The van der Waals surface area contributed by atoms with Gasteiger partial charge in [0.05, 0.1) is 6.07 Å². The van der Waals surface area contributed by atoms with Crippen LogP contribution in [0.5, 0.6) is 17.2 Å². The van der Waals surface area contributed by atoms with Crippen LogP contribution in [0, 0.1) is 11.3 Å². The number of nitriles is 1. The topological polar surface area (TPSA) is 71.4 Å². The standard InChI is InChI=1S/C15H12N2O3/c16-10-11-17-15(18)20-14-8-6-13(7-9-14)19-12-4-2-1-3-5-12/h1-9H,11H2,(H,17,18). The molecular formula is C15H12N2O3. The number of hydrogen-bond acceptors (Lipinski definition) is 4. The van der Waals surface area contributed by atoms with E-state index in [0.29, 0.717) is 11.5 Å². The summed E-state index contributed by atoms with van der Waals surface area (Å²) < 4.78 is 10.6. The average molecular weight is 268 g/mol. The van der Waals surface area contributed by atoms with Crippen LogP contribution in [-0.4, -0.2) is 12.6 Å². The number of carbonyl (C=O) groups is 1. The third-order valence-electron chi connectivity index (χ3n) is 2.32. The van der Waals surface area contributed by atoms with Crippen molar-refractivity contribution in [3.8, 4) is 23.3 Å². The summed E-state index contributed by atoms with van der Waals surface area (Å²) in [5.74, 6) is 1.75. The fraction of sp³-hybridized carbons (Fsp3) is 0.0667. The molecule has 0 aliphatic carbocycles. The highest BCUT2D eigenvalue weighted by Gasteiger charge is 2.03. The van der Waals surface area contributed by atoms with E-state index in [9.17, 15) is 4.79 Å². The number of nitrogens with one attached hydrogen (secondary N) is 1. The second-order valence-corrected chi connectivity index (χ2v) is 3.79. The molecular weight excluding hydrogens is 256 g/mol. The maximum Gasteiger partial charge on any atom is 0.413 e. The van der Waals surface area contributed by atoms with E-state index in [2.05, 4.69) is 5.32 Å². The normalized spacial score (nSPS) is 9.35. The SMILES string of the molecule is N#CCNC(=O)Oc1ccc(Oc2ccccc2)cc1. The maximum atomic E-state index is 11.2. The summed E-state index contributed by atoms with van der Waals surface area (Å²) in [5.41, 5.74) is 0. The Morgan fingerprint density at radius 1 is 1.00 bits per heavy atom. The number of para-hydroxylation sites is 1. The Labute approximate surface area is 116 Å². The number of rotatable bonds is 4. The molecule has 0 spiro atoms. The lowest BCUT2D eigenvalue weighted by Gasteiger charge is -2.07. The van der Waals surface area contributed by atoms with Crippen molar-refractivity contribution in [2.24, 2.45) is 0 Å². The summed E-state index contributed by atoms with van der Waals surface area (Å²) in [6.45, 7) is -0.0893. The van der Waals surface area contributed by atoms with Crippen molar-refractivity contribution in [3.63, 3.8) is 0 Å². The van der Waals surface area contributed by atoms with Crippen LogP contribution in [0.15, 0.2) is 54.6 Å². The molecule has 20 heavy (non-hydrogen) atoms. The number of benzene rings is 2. The molecule has 2 aromatic rings. The Hall–Kier alpha value is -3.00. The summed E-state index contributed by atoms with van der Waals surface area (Å²) in [5, 5.41) is 10.6. The molecule has 5 nitrogen and oxygen atoms in total. The lowest BCUT2D eigenvalue weighted by molar-refractivity contribution is 0.202. The quantitative estimate of drug-likeness (QED) is 0.865. The van der Waals surface area contributed by atoms with Crippen molar-refractivity contribution in [2.75, 3.05) is 6.54 Å². The summed E-state index contributed by atoms with van der Waals surface area (Å²) in [6.07, 6.45) is -0.664. The second kappa shape index (κ2) is 6.81. The molecule has 0 saturated carbocycles. The van der Waals surface area contributed by atoms with Gasteiger partial charge in [-0.25, -0.2) is 4.79 Å². The fourth-order valence-electron chi connectivity index (χ4n) is 1.46.